The van der Waals surface area contributed by atoms with Gasteiger partial charge in [0.15, 0.2) is 0 Å². The van der Waals surface area contributed by atoms with Crippen molar-refractivity contribution >= 4 is 29.2 Å². The minimum atomic E-state index is -0.939. The summed E-state index contributed by atoms with van der Waals surface area (Å²) in [5.74, 6) is -0.939. The van der Waals surface area contributed by atoms with Gasteiger partial charge in [-0.3, -0.25) is 9.69 Å². The Kier molecular flexibility index (Phi) is 3.82. The van der Waals surface area contributed by atoms with Crippen molar-refractivity contribution in [3.63, 3.8) is 0 Å². The molecule has 98 valence electrons. The van der Waals surface area contributed by atoms with Gasteiger partial charge in [0.2, 0.25) is 0 Å². The molecule has 0 aromatic heterocycles. The standard InChI is InChI=1S/C12H13Cl2NO3/c1-15(5-11(17)18)12-8-2-6(13)3-9(14)7(8)4-10(12)16/h2-3,10,12,16H,4-5H2,1H3,(H,17,18). The fourth-order valence-corrected chi connectivity index (χ4v) is 3.06. The molecular formula is C12H13Cl2NO3. The molecule has 0 heterocycles. The third-order valence-electron chi connectivity index (χ3n) is 3.15. The van der Waals surface area contributed by atoms with Crippen LogP contribution in [0.15, 0.2) is 12.1 Å². The molecule has 1 aliphatic rings. The highest BCUT2D eigenvalue weighted by Gasteiger charge is 2.36. The summed E-state index contributed by atoms with van der Waals surface area (Å²) in [7, 11) is 1.66. The van der Waals surface area contributed by atoms with Gasteiger partial charge in [0.25, 0.3) is 0 Å². The monoisotopic (exact) mass is 289 g/mol. The fraction of sp³-hybridized carbons (Fsp3) is 0.417. The SMILES string of the molecule is CN(CC(=O)O)C1c2cc(Cl)cc(Cl)c2CC1O. The van der Waals surface area contributed by atoms with Gasteiger partial charge < -0.3 is 10.2 Å². The average Bonchev–Trinajstić information content (AvgIpc) is 2.53. The van der Waals surface area contributed by atoms with Crippen LogP contribution in [0.5, 0.6) is 0 Å². The van der Waals surface area contributed by atoms with Crippen LogP contribution < -0.4 is 0 Å². The van der Waals surface area contributed by atoms with Crippen LogP contribution in [-0.2, 0) is 11.2 Å². The van der Waals surface area contributed by atoms with E-state index in [4.69, 9.17) is 28.3 Å². The van der Waals surface area contributed by atoms with E-state index in [0.717, 1.165) is 11.1 Å². The molecule has 0 amide bonds. The van der Waals surface area contributed by atoms with Gasteiger partial charge in [-0.05, 0) is 30.3 Å². The molecule has 1 aliphatic carbocycles. The molecule has 1 aromatic carbocycles. The number of carboxylic acid groups (broad SMARTS) is 1. The second kappa shape index (κ2) is 5.05. The minimum absolute atomic E-state index is 0.148. The van der Waals surface area contributed by atoms with Gasteiger partial charge in [0.05, 0.1) is 18.7 Å². The first kappa shape index (κ1) is 13.6. The highest BCUT2D eigenvalue weighted by Crippen LogP contribution is 2.40. The van der Waals surface area contributed by atoms with Crippen LogP contribution in [0.3, 0.4) is 0 Å². The lowest BCUT2D eigenvalue weighted by atomic mass is 10.1. The highest BCUT2D eigenvalue weighted by atomic mass is 35.5. The molecule has 0 saturated heterocycles. The number of benzene rings is 1. The van der Waals surface area contributed by atoms with Crippen molar-refractivity contribution in [2.45, 2.75) is 18.6 Å². The van der Waals surface area contributed by atoms with E-state index in [1.807, 2.05) is 0 Å². The molecule has 0 radical (unpaired) electrons. The summed E-state index contributed by atoms with van der Waals surface area (Å²) in [6, 6.07) is 2.99. The molecule has 6 heteroatoms. The number of hydrogen-bond donors (Lipinski definition) is 2. The molecule has 1 aromatic rings. The van der Waals surface area contributed by atoms with Crippen molar-refractivity contribution in [2.24, 2.45) is 0 Å². The van der Waals surface area contributed by atoms with Gasteiger partial charge in [-0.2, -0.15) is 0 Å². The van der Waals surface area contributed by atoms with Gasteiger partial charge in [0, 0.05) is 16.5 Å². The molecular weight excluding hydrogens is 277 g/mol. The number of fused-ring (bicyclic) bond motifs is 1. The Hall–Kier alpha value is -0.810. The summed E-state index contributed by atoms with van der Waals surface area (Å²) in [4.78, 5) is 12.3. The van der Waals surface area contributed by atoms with Crippen LogP contribution in [0.1, 0.15) is 17.2 Å². The van der Waals surface area contributed by atoms with Crippen LogP contribution in [0.4, 0.5) is 0 Å². The van der Waals surface area contributed by atoms with Crippen LogP contribution in [0, 0.1) is 0 Å². The molecule has 2 rings (SSSR count). The first-order valence-electron chi connectivity index (χ1n) is 5.48. The molecule has 18 heavy (non-hydrogen) atoms. The maximum Gasteiger partial charge on any atom is 0.317 e. The predicted molar refractivity (Wildman–Crippen MR) is 69.2 cm³/mol. The second-order valence-corrected chi connectivity index (χ2v) is 5.32. The van der Waals surface area contributed by atoms with Gasteiger partial charge in [-0.1, -0.05) is 23.2 Å². The van der Waals surface area contributed by atoms with Gasteiger partial charge in [-0.15, -0.1) is 0 Å². The average molecular weight is 290 g/mol. The second-order valence-electron chi connectivity index (χ2n) is 4.48. The van der Waals surface area contributed by atoms with E-state index in [0.29, 0.717) is 16.5 Å². The Bertz CT molecular complexity index is 492. The largest absolute Gasteiger partial charge is 0.480 e. The summed E-state index contributed by atoms with van der Waals surface area (Å²) >= 11 is 12.0. The van der Waals surface area contributed by atoms with Crippen molar-refractivity contribution in [2.75, 3.05) is 13.6 Å². The Balaban J connectivity index is 2.38. The maximum atomic E-state index is 10.7. The predicted octanol–water partition coefficient (Wildman–Crippen LogP) is 1.97. The van der Waals surface area contributed by atoms with E-state index in [-0.39, 0.29) is 12.6 Å². The zero-order valence-electron chi connectivity index (χ0n) is 9.73. The van der Waals surface area contributed by atoms with Gasteiger partial charge in [-0.25, -0.2) is 0 Å². The lowest BCUT2D eigenvalue weighted by Crippen LogP contribution is -2.34. The first-order valence-corrected chi connectivity index (χ1v) is 6.23. The molecule has 0 fully saturated rings. The van der Waals surface area contributed by atoms with E-state index < -0.39 is 12.1 Å². The topological polar surface area (TPSA) is 60.8 Å². The third kappa shape index (κ3) is 2.47. The van der Waals surface area contributed by atoms with Crippen molar-refractivity contribution in [1.29, 1.82) is 0 Å². The van der Waals surface area contributed by atoms with Crippen LogP contribution in [0.25, 0.3) is 0 Å². The Morgan fingerprint density at radius 3 is 2.78 bits per heavy atom. The molecule has 2 atom stereocenters. The molecule has 4 nitrogen and oxygen atoms in total. The summed E-state index contributed by atoms with van der Waals surface area (Å²) in [6.45, 7) is -0.148. The number of rotatable bonds is 3. The summed E-state index contributed by atoms with van der Waals surface area (Å²) in [5.41, 5.74) is 1.65. The van der Waals surface area contributed by atoms with Gasteiger partial charge >= 0.3 is 5.97 Å². The number of aliphatic carboxylic acids is 1. The van der Waals surface area contributed by atoms with E-state index >= 15 is 0 Å². The molecule has 2 N–H and O–H groups in total. The maximum absolute atomic E-state index is 10.7. The third-order valence-corrected chi connectivity index (χ3v) is 3.71. The Morgan fingerprint density at radius 2 is 2.17 bits per heavy atom. The van der Waals surface area contributed by atoms with Crippen molar-refractivity contribution in [1.82, 2.24) is 4.90 Å². The zero-order chi connectivity index (χ0) is 13.4. The molecule has 2 unspecified atom stereocenters. The number of likely N-dealkylation sites (N-methyl/N-ethyl adjacent to an activating group) is 1. The number of carboxylic acids is 1. The van der Waals surface area contributed by atoms with E-state index in [1.54, 1.807) is 24.1 Å². The lowest BCUT2D eigenvalue weighted by molar-refractivity contribution is -0.139. The van der Waals surface area contributed by atoms with Crippen molar-refractivity contribution in [3.05, 3.63) is 33.3 Å². The number of halogens is 2. The fourth-order valence-electron chi connectivity index (χ4n) is 2.47. The summed E-state index contributed by atoms with van der Waals surface area (Å²) < 4.78 is 0. The van der Waals surface area contributed by atoms with E-state index in [9.17, 15) is 9.90 Å². The smallest absolute Gasteiger partial charge is 0.317 e. The number of aliphatic hydroxyl groups excluding tert-OH is 1. The lowest BCUT2D eigenvalue weighted by Gasteiger charge is -2.26. The Morgan fingerprint density at radius 1 is 1.50 bits per heavy atom. The molecule has 0 aliphatic heterocycles. The van der Waals surface area contributed by atoms with E-state index in [1.165, 1.54) is 0 Å². The molecule has 0 bridgehead atoms. The van der Waals surface area contributed by atoms with Crippen LogP contribution in [-0.4, -0.2) is 40.8 Å². The number of hydrogen-bond acceptors (Lipinski definition) is 3. The van der Waals surface area contributed by atoms with Crippen LogP contribution in [0.2, 0.25) is 10.0 Å². The summed E-state index contributed by atoms with van der Waals surface area (Å²) in [6.07, 6.45) is -0.250. The number of aliphatic hydroxyl groups is 1. The number of carbonyl (C=O) groups is 1. The molecule has 0 spiro atoms. The normalized spacial score (nSPS) is 22.3. The Labute approximate surface area is 115 Å². The van der Waals surface area contributed by atoms with Gasteiger partial charge in [0.1, 0.15) is 0 Å². The van der Waals surface area contributed by atoms with Crippen LogP contribution >= 0.6 is 23.2 Å². The van der Waals surface area contributed by atoms with Crippen molar-refractivity contribution in [3.8, 4) is 0 Å². The molecule has 0 saturated carbocycles. The minimum Gasteiger partial charge on any atom is -0.480 e. The quantitative estimate of drug-likeness (QED) is 0.893. The summed E-state index contributed by atoms with van der Waals surface area (Å²) in [5, 5.41) is 19.9. The van der Waals surface area contributed by atoms with E-state index in [2.05, 4.69) is 0 Å². The first-order chi connectivity index (χ1) is 8.40. The highest BCUT2D eigenvalue weighted by molar-refractivity contribution is 6.35. The zero-order valence-corrected chi connectivity index (χ0v) is 11.2. The van der Waals surface area contributed by atoms with Crippen molar-refractivity contribution < 1.29 is 15.0 Å². The number of nitrogens with zero attached hydrogens (tertiary/aromatic N) is 1.